The van der Waals surface area contributed by atoms with Crippen LogP contribution in [0.15, 0.2) is 40.9 Å². The fourth-order valence-electron chi connectivity index (χ4n) is 1.79. The fraction of sp³-hybridized carbons (Fsp3) is 0.133. The van der Waals surface area contributed by atoms with E-state index in [1.165, 1.54) is 7.11 Å². The van der Waals surface area contributed by atoms with E-state index in [4.69, 9.17) is 27.9 Å². The molecule has 20 heavy (non-hydrogen) atoms. The SMILES string of the molecule is COc1ccc(C(=O)Cc2ccc(Br)cc2)c(Cl)c1Cl. The predicted octanol–water partition coefficient (Wildman–Crippen LogP) is 5.19. The summed E-state index contributed by atoms with van der Waals surface area (Å²) >= 11 is 15.5. The van der Waals surface area contributed by atoms with Crippen molar-refractivity contribution in [2.24, 2.45) is 0 Å². The summed E-state index contributed by atoms with van der Waals surface area (Å²) in [6, 6.07) is 10.8. The maximum atomic E-state index is 12.3. The van der Waals surface area contributed by atoms with Crippen LogP contribution >= 0.6 is 39.1 Å². The zero-order valence-corrected chi connectivity index (χ0v) is 13.7. The molecule has 0 aromatic heterocycles. The highest BCUT2D eigenvalue weighted by atomic mass is 79.9. The van der Waals surface area contributed by atoms with Crippen LogP contribution < -0.4 is 4.74 Å². The Morgan fingerprint density at radius 1 is 1.10 bits per heavy atom. The highest BCUT2D eigenvalue weighted by molar-refractivity contribution is 9.10. The van der Waals surface area contributed by atoms with Gasteiger partial charge >= 0.3 is 0 Å². The summed E-state index contributed by atoms with van der Waals surface area (Å²) in [6.07, 6.45) is 0.273. The van der Waals surface area contributed by atoms with Crippen molar-refractivity contribution < 1.29 is 9.53 Å². The number of Topliss-reactive ketones (excluding diaryl/α,β-unsaturated/α-hetero) is 1. The zero-order valence-electron chi connectivity index (χ0n) is 10.6. The van der Waals surface area contributed by atoms with Gasteiger partial charge in [-0.3, -0.25) is 4.79 Å². The van der Waals surface area contributed by atoms with E-state index in [1.807, 2.05) is 24.3 Å². The van der Waals surface area contributed by atoms with Gasteiger partial charge in [-0.15, -0.1) is 0 Å². The third-order valence-electron chi connectivity index (χ3n) is 2.85. The molecule has 0 heterocycles. The molecule has 2 aromatic rings. The van der Waals surface area contributed by atoms with E-state index in [9.17, 15) is 4.79 Å². The summed E-state index contributed by atoms with van der Waals surface area (Å²) in [5.74, 6) is 0.374. The van der Waals surface area contributed by atoms with Crippen LogP contribution in [0.1, 0.15) is 15.9 Å². The first-order valence-corrected chi connectivity index (χ1v) is 7.37. The number of ether oxygens (including phenoxy) is 1. The van der Waals surface area contributed by atoms with Crippen molar-refractivity contribution >= 4 is 44.9 Å². The monoisotopic (exact) mass is 372 g/mol. The summed E-state index contributed by atoms with van der Waals surface area (Å²) in [5, 5.41) is 0.490. The van der Waals surface area contributed by atoms with Gasteiger partial charge in [0, 0.05) is 16.5 Å². The van der Waals surface area contributed by atoms with Gasteiger partial charge in [0.05, 0.1) is 12.1 Å². The molecule has 0 radical (unpaired) electrons. The number of hydrogen-bond donors (Lipinski definition) is 0. The molecule has 0 aliphatic carbocycles. The van der Waals surface area contributed by atoms with Crippen LogP contribution in [0.25, 0.3) is 0 Å². The van der Waals surface area contributed by atoms with E-state index in [0.717, 1.165) is 10.0 Å². The maximum absolute atomic E-state index is 12.3. The van der Waals surface area contributed by atoms with Gasteiger partial charge in [-0.1, -0.05) is 51.3 Å². The van der Waals surface area contributed by atoms with Crippen molar-refractivity contribution in [3.8, 4) is 5.75 Å². The van der Waals surface area contributed by atoms with Gasteiger partial charge in [-0.25, -0.2) is 0 Å². The molecule has 5 heteroatoms. The Morgan fingerprint density at radius 2 is 1.75 bits per heavy atom. The molecule has 0 amide bonds. The van der Waals surface area contributed by atoms with E-state index in [0.29, 0.717) is 11.3 Å². The molecule has 2 nitrogen and oxygen atoms in total. The molecule has 0 saturated heterocycles. The van der Waals surface area contributed by atoms with E-state index in [-0.39, 0.29) is 22.2 Å². The molecule has 0 fully saturated rings. The van der Waals surface area contributed by atoms with E-state index in [1.54, 1.807) is 12.1 Å². The third kappa shape index (κ3) is 3.35. The topological polar surface area (TPSA) is 26.3 Å². The smallest absolute Gasteiger partial charge is 0.168 e. The highest BCUT2D eigenvalue weighted by Gasteiger charge is 2.16. The van der Waals surface area contributed by atoms with Crippen LogP contribution in [0.3, 0.4) is 0 Å². The number of methoxy groups -OCH3 is 1. The van der Waals surface area contributed by atoms with Crippen molar-refractivity contribution in [3.63, 3.8) is 0 Å². The second kappa shape index (κ2) is 6.61. The van der Waals surface area contributed by atoms with Gasteiger partial charge < -0.3 is 4.74 Å². The van der Waals surface area contributed by atoms with Crippen LogP contribution in [-0.4, -0.2) is 12.9 Å². The Balaban J connectivity index is 2.25. The molecule has 2 aromatic carbocycles. The first kappa shape index (κ1) is 15.4. The summed E-state index contributed by atoms with van der Waals surface area (Å²) < 4.78 is 6.03. The van der Waals surface area contributed by atoms with E-state index < -0.39 is 0 Å². The molecule has 2 rings (SSSR count). The van der Waals surface area contributed by atoms with E-state index >= 15 is 0 Å². The van der Waals surface area contributed by atoms with Crippen molar-refractivity contribution in [3.05, 3.63) is 62.0 Å². The minimum absolute atomic E-state index is 0.0816. The lowest BCUT2D eigenvalue weighted by Crippen LogP contribution is -2.05. The van der Waals surface area contributed by atoms with Crippen LogP contribution in [0.2, 0.25) is 10.0 Å². The lowest BCUT2D eigenvalue weighted by Gasteiger charge is -2.09. The lowest BCUT2D eigenvalue weighted by molar-refractivity contribution is 0.0993. The number of rotatable bonds is 4. The molecular weight excluding hydrogens is 363 g/mol. The Hall–Kier alpha value is -1.03. The van der Waals surface area contributed by atoms with Gasteiger partial charge in [-0.2, -0.15) is 0 Å². The van der Waals surface area contributed by atoms with Crippen molar-refractivity contribution in [1.82, 2.24) is 0 Å². The van der Waals surface area contributed by atoms with Gasteiger partial charge in [0.25, 0.3) is 0 Å². The maximum Gasteiger partial charge on any atom is 0.168 e. The predicted molar refractivity (Wildman–Crippen MR) is 85.2 cm³/mol. The number of benzene rings is 2. The quantitative estimate of drug-likeness (QED) is 0.689. The third-order valence-corrected chi connectivity index (χ3v) is 4.24. The highest BCUT2D eigenvalue weighted by Crippen LogP contribution is 2.35. The second-order valence-corrected chi connectivity index (χ2v) is 5.84. The molecule has 0 aliphatic heterocycles. The van der Waals surface area contributed by atoms with Crippen molar-refractivity contribution in [2.75, 3.05) is 7.11 Å². The normalized spacial score (nSPS) is 10.4. The van der Waals surface area contributed by atoms with Crippen molar-refractivity contribution in [1.29, 1.82) is 0 Å². The van der Waals surface area contributed by atoms with Crippen molar-refractivity contribution in [2.45, 2.75) is 6.42 Å². The molecule has 104 valence electrons. The molecule has 0 N–H and O–H groups in total. The first-order valence-electron chi connectivity index (χ1n) is 5.82. The molecule has 0 spiro atoms. The number of carbonyl (C=O) groups is 1. The summed E-state index contributed by atoms with van der Waals surface area (Å²) in [5.41, 5.74) is 1.32. The average Bonchev–Trinajstić information content (AvgIpc) is 2.44. The summed E-state index contributed by atoms with van der Waals surface area (Å²) in [7, 11) is 1.50. The molecular formula is C15H11BrCl2O2. The molecule has 0 saturated carbocycles. The molecule has 0 atom stereocenters. The van der Waals surface area contributed by atoms with Gasteiger partial charge in [-0.05, 0) is 29.8 Å². The van der Waals surface area contributed by atoms with Crippen LogP contribution in [0.4, 0.5) is 0 Å². The number of halogens is 3. The Morgan fingerprint density at radius 3 is 2.35 bits per heavy atom. The zero-order chi connectivity index (χ0) is 14.7. The number of carbonyl (C=O) groups excluding carboxylic acids is 1. The minimum Gasteiger partial charge on any atom is -0.495 e. The Bertz CT molecular complexity index is 639. The molecule has 0 bridgehead atoms. The van der Waals surface area contributed by atoms with Gasteiger partial charge in [0.2, 0.25) is 0 Å². The van der Waals surface area contributed by atoms with Gasteiger partial charge in [0.1, 0.15) is 10.8 Å². The minimum atomic E-state index is -0.0816. The fourth-order valence-corrected chi connectivity index (χ4v) is 2.56. The number of ketones is 1. The number of hydrogen-bond acceptors (Lipinski definition) is 2. The average molecular weight is 374 g/mol. The summed E-state index contributed by atoms with van der Waals surface area (Å²) in [4.78, 5) is 12.3. The first-order chi connectivity index (χ1) is 9.52. The van der Waals surface area contributed by atoms with Crippen LogP contribution in [0.5, 0.6) is 5.75 Å². The second-order valence-electron chi connectivity index (χ2n) is 4.17. The van der Waals surface area contributed by atoms with Gasteiger partial charge in [0.15, 0.2) is 5.78 Å². The van der Waals surface area contributed by atoms with Crippen LogP contribution in [-0.2, 0) is 6.42 Å². The largest absolute Gasteiger partial charge is 0.495 e. The molecule has 0 unspecified atom stereocenters. The summed E-state index contributed by atoms with van der Waals surface area (Å²) in [6.45, 7) is 0. The van der Waals surface area contributed by atoms with Crippen LogP contribution in [0, 0.1) is 0 Å². The Kier molecular flexibility index (Phi) is 5.08. The molecule has 0 aliphatic rings. The Labute approximate surface area is 135 Å². The lowest BCUT2D eigenvalue weighted by atomic mass is 10.0. The van der Waals surface area contributed by atoms with E-state index in [2.05, 4.69) is 15.9 Å². The standard InChI is InChI=1S/C15H11BrCl2O2/c1-20-13-7-6-11(14(17)15(13)18)12(19)8-9-2-4-10(16)5-3-9/h2-7H,8H2,1H3.